The van der Waals surface area contributed by atoms with Gasteiger partial charge in [0.25, 0.3) is 5.91 Å². The molecule has 0 bridgehead atoms. The molecule has 1 aromatic heterocycles. The van der Waals surface area contributed by atoms with Crippen molar-refractivity contribution < 1.29 is 9.90 Å². The summed E-state index contributed by atoms with van der Waals surface area (Å²) in [6.45, 7) is 3.73. The second-order valence-corrected chi connectivity index (χ2v) is 4.44. The molecular weight excluding hydrogens is 242 g/mol. The topological polar surface area (TPSA) is 67.2 Å². The number of para-hydroxylation sites is 1. The van der Waals surface area contributed by atoms with Gasteiger partial charge < -0.3 is 10.4 Å². The number of aromatic nitrogens is 2. The van der Waals surface area contributed by atoms with Gasteiger partial charge in [-0.1, -0.05) is 19.1 Å². The first kappa shape index (κ1) is 13.1. The Morgan fingerprint density at radius 2 is 2.21 bits per heavy atom. The van der Waals surface area contributed by atoms with E-state index >= 15 is 0 Å². The fraction of sp³-hybridized carbons (Fsp3) is 0.286. The molecule has 1 heterocycles. The molecule has 0 aliphatic heterocycles. The van der Waals surface area contributed by atoms with Crippen LogP contribution >= 0.6 is 0 Å². The number of phenols is 1. The van der Waals surface area contributed by atoms with Crippen LogP contribution in [0.3, 0.4) is 0 Å². The Labute approximate surface area is 111 Å². The number of carbonyl (C=O) groups excluding carboxylic acids is 1. The highest BCUT2D eigenvalue weighted by Gasteiger charge is 2.15. The van der Waals surface area contributed by atoms with Crippen molar-refractivity contribution >= 4 is 11.6 Å². The molecule has 2 rings (SSSR count). The van der Waals surface area contributed by atoms with Crippen LogP contribution in [0.25, 0.3) is 0 Å². The number of carbonyl (C=O) groups is 1. The second kappa shape index (κ2) is 5.14. The zero-order valence-electron chi connectivity index (χ0n) is 11.3. The van der Waals surface area contributed by atoms with E-state index in [4.69, 9.17) is 0 Å². The molecule has 0 saturated carbocycles. The number of hydrogen-bond donors (Lipinski definition) is 2. The van der Waals surface area contributed by atoms with E-state index in [9.17, 15) is 9.90 Å². The fourth-order valence-corrected chi connectivity index (χ4v) is 1.93. The third kappa shape index (κ3) is 2.59. The van der Waals surface area contributed by atoms with Gasteiger partial charge in [-0.15, -0.1) is 0 Å². The molecule has 0 aliphatic rings. The highest BCUT2D eigenvalue weighted by Crippen LogP contribution is 2.23. The van der Waals surface area contributed by atoms with Crippen LogP contribution in [0.1, 0.15) is 28.5 Å². The van der Waals surface area contributed by atoms with Gasteiger partial charge in [-0.25, -0.2) is 0 Å². The molecule has 1 amide bonds. The molecule has 0 fully saturated rings. The molecule has 5 heteroatoms. The van der Waals surface area contributed by atoms with E-state index in [1.54, 1.807) is 43.0 Å². The van der Waals surface area contributed by atoms with Crippen LogP contribution in [-0.4, -0.2) is 20.8 Å². The normalized spacial score (nSPS) is 10.5. The van der Waals surface area contributed by atoms with E-state index in [1.807, 2.05) is 6.92 Å². The van der Waals surface area contributed by atoms with Gasteiger partial charge in [0.1, 0.15) is 5.75 Å². The van der Waals surface area contributed by atoms with Crippen LogP contribution in [-0.2, 0) is 13.5 Å². The van der Waals surface area contributed by atoms with Crippen LogP contribution in [0.2, 0.25) is 0 Å². The zero-order valence-corrected chi connectivity index (χ0v) is 11.3. The Morgan fingerprint density at radius 3 is 2.89 bits per heavy atom. The molecule has 5 nitrogen and oxygen atoms in total. The van der Waals surface area contributed by atoms with E-state index in [0.29, 0.717) is 11.3 Å². The maximum atomic E-state index is 12.2. The summed E-state index contributed by atoms with van der Waals surface area (Å²) >= 11 is 0. The highest BCUT2D eigenvalue weighted by molar-refractivity contribution is 6.06. The third-order valence-corrected chi connectivity index (χ3v) is 2.97. The summed E-state index contributed by atoms with van der Waals surface area (Å²) in [4.78, 5) is 12.2. The Hall–Kier alpha value is -2.30. The summed E-state index contributed by atoms with van der Waals surface area (Å²) in [7, 11) is 1.80. The maximum absolute atomic E-state index is 12.2. The largest absolute Gasteiger partial charge is 0.507 e. The minimum atomic E-state index is -0.330. The second-order valence-electron chi connectivity index (χ2n) is 4.44. The fourth-order valence-electron chi connectivity index (χ4n) is 1.93. The number of hydrogen-bond acceptors (Lipinski definition) is 3. The maximum Gasteiger partial charge on any atom is 0.259 e. The Morgan fingerprint density at radius 1 is 1.47 bits per heavy atom. The molecule has 0 atom stereocenters. The van der Waals surface area contributed by atoms with Crippen molar-refractivity contribution in [2.75, 3.05) is 5.32 Å². The van der Waals surface area contributed by atoms with Crippen molar-refractivity contribution in [1.82, 2.24) is 9.78 Å². The number of phenolic OH excluding ortho intramolecular Hbond substituents is 1. The minimum absolute atomic E-state index is 0.0157. The Kier molecular flexibility index (Phi) is 3.55. The zero-order chi connectivity index (χ0) is 14.0. The van der Waals surface area contributed by atoms with Crippen molar-refractivity contribution in [3.05, 3.63) is 41.2 Å². The summed E-state index contributed by atoms with van der Waals surface area (Å²) < 4.78 is 1.66. The molecule has 19 heavy (non-hydrogen) atoms. The molecule has 0 spiro atoms. The summed E-state index contributed by atoms with van der Waals surface area (Å²) in [6.07, 6.45) is 2.49. The SMILES string of the molecule is CCc1nn(C)cc1NC(=O)c1cccc(C)c1O. The van der Waals surface area contributed by atoms with Gasteiger partial charge in [0.2, 0.25) is 0 Å². The number of aryl methyl sites for hydroxylation is 3. The molecule has 0 saturated heterocycles. The summed E-state index contributed by atoms with van der Waals surface area (Å²) in [5.41, 5.74) is 2.44. The molecule has 1 aromatic carbocycles. The summed E-state index contributed by atoms with van der Waals surface area (Å²) in [5, 5.41) is 16.9. The van der Waals surface area contributed by atoms with E-state index in [-0.39, 0.29) is 17.2 Å². The molecule has 0 unspecified atom stereocenters. The number of benzene rings is 1. The van der Waals surface area contributed by atoms with Gasteiger partial charge >= 0.3 is 0 Å². The van der Waals surface area contributed by atoms with E-state index in [2.05, 4.69) is 10.4 Å². The molecular formula is C14H17N3O2. The van der Waals surface area contributed by atoms with E-state index in [1.165, 1.54) is 0 Å². The van der Waals surface area contributed by atoms with Crippen LogP contribution in [0.5, 0.6) is 5.75 Å². The van der Waals surface area contributed by atoms with Gasteiger partial charge in [-0.2, -0.15) is 5.10 Å². The minimum Gasteiger partial charge on any atom is -0.507 e. The molecule has 2 N–H and O–H groups in total. The standard InChI is InChI=1S/C14H17N3O2/c1-4-11-12(8-17(3)16-11)15-14(19)10-7-5-6-9(2)13(10)18/h5-8,18H,4H2,1-3H3,(H,15,19). The highest BCUT2D eigenvalue weighted by atomic mass is 16.3. The van der Waals surface area contributed by atoms with Crippen LogP contribution in [0.15, 0.2) is 24.4 Å². The average Bonchev–Trinajstić information content (AvgIpc) is 2.72. The van der Waals surface area contributed by atoms with Gasteiger partial charge in [0, 0.05) is 13.2 Å². The lowest BCUT2D eigenvalue weighted by atomic mass is 10.1. The number of rotatable bonds is 3. The molecule has 0 aliphatic carbocycles. The third-order valence-electron chi connectivity index (χ3n) is 2.97. The first-order valence-electron chi connectivity index (χ1n) is 6.15. The first-order chi connectivity index (χ1) is 9.02. The van der Waals surface area contributed by atoms with Crippen molar-refractivity contribution in [2.45, 2.75) is 20.3 Å². The quantitative estimate of drug-likeness (QED) is 0.888. The van der Waals surface area contributed by atoms with Gasteiger partial charge in [-0.3, -0.25) is 9.48 Å². The molecule has 2 aromatic rings. The van der Waals surface area contributed by atoms with E-state index in [0.717, 1.165) is 12.1 Å². The predicted molar refractivity (Wildman–Crippen MR) is 73.4 cm³/mol. The number of anilines is 1. The lowest BCUT2D eigenvalue weighted by Crippen LogP contribution is -2.13. The van der Waals surface area contributed by atoms with Crippen molar-refractivity contribution in [3.8, 4) is 5.75 Å². The lowest BCUT2D eigenvalue weighted by molar-refractivity contribution is 0.102. The smallest absolute Gasteiger partial charge is 0.259 e. The number of amides is 1. The Balaban J connectivity index is 2.28. The Bertz CT molecular complexity index is 617. The monoisotopic (exact) mass is 259 g/mol. The molecule has 100 valence electrons. The van der Waals surface area contributed by atoms with Crippen molar-refractivity contribution in [3.63, 3.8) is 0 Å². The lowest BCUT2D eigenvalue weighted by Gasteiger charge is -2.07. The van der Waals surface area contributed by atoms with Crippen molar-refractivity contribution in [2.24, 2.45) is 7.05 Å². The summed E-state index contributed by atoms with van der Waals surface area (Å²) in [5.74, 6) is -0.314. The summed E-state index contributed by atoms with van der Waals surface area (Å²) in [6, 6.07) is 5.10. The molecule has 0 radical (unpaired) electrons. The van der Waals surface area contributed by atoms with Crippen LogP contribution in [0.4, 0.5) is 5.69 Å². The van der Waals surface area contributed by atoms with Gasteiger partial charge in [-0.05, 0) is 25.0 Å². The van der Waals surface area contributed by atoms with Crippen LogP contribution in [0, 0.1) is 6.92 Å². The van der Waals surface area contributed by atoms with E-state index < -0.39 is 0 Å². The predicted octanol–water partition coefficient (Wildman–Crippen LogP) is 2.25. The van der Waals surface area contributed by atoms with Gasteiger partial charge in [0.05, 0.1) is 16.9 Å². The van der Waals surface area contributed by atoms with Crippen LogP contribution < -0.4 is 5.32 Å². The van der Waals surface area contributed by atoms with Crippen molar-refractivity contribution in [1.29, 1.82) is 0 Å². The number of nitrogens with zero attached hydrogens (tertiary/aromatic N) is 2. The average molecular weight is 259 g/mol. The first-order valence-corrected chi connectivity index (χ1v) is 6.15. The van der Waals surface area contributed by atoms with Gasteiger partial charge in [0.15, 0.2) is 0 Å². The number of nitrogens with one attached hydrogen (secondary N) is 1. The number of aromatic hydroxyl groups is 1.